The fraction of sp³-hybridized carbons (Fsp3) is 0.357. The predicted molar refractivity (Wildman–Crippen MR) is 87.9 cm³/mol. The summed E-state index contributed by atoms with van der Waals surface area (Å²) >= 11 is 18.4. The van der Waals surface area contributed by atoms with Crippen molar-refractivity contribution in [1.82, 2.24) is 15.2 Å². The molecule has 7 heteroatoms. The van der Waals surface area contributed by atoms with Crippen molar-refractivity contribution in [3.8, 4) is 0 Å². The van der Waals surface area contributed by atoms with E-state index >= 15 is 0 Å². The summed E-state index contributed by atoms with van der Waals surface area (Å²) in [5.74, 6) is 5.69. The topological polar surface area (TPSA) is 55.9 Å². The van der Waals surface area contributed by atoms with E-state index in [1.54, 1.807) is 6.07 Å². The lowest BCUT2D eigenvalue weighted by molar-refractivity contribution is 0.517. The quantitative estimate of drug-likeness (QED) is 0.636. The number of nitrogens with one attached hydrogen (secondary N) is 1. The van der Waals surface area contributed by atoms with Gasteiger partial charge in [-0.3, -0.25) is 16.0 Å². The Morgan fingerprint density at radius 3 is 2.38 bits per heavy atom. The summed E-state index contributed by atoms with van der Waals surface area (Å²) in [7, 11) is 0. The second-order valence-corrected chi connectivity index (χ2v) is 6.04. The number of nitrogens with two attached hydrogens (primary N) is 1. The molecule has 1 heterocycles. The molecule has 0 radical (unpaired) electrons. The molecule has 0 aliphatic heterocycles. The fourth-order valence-electron chi connectivity index (χ4n) is 2.31. The average Bonchev–Trinajstić information content (AvgIpc) is 2.70. The molecule has 114 valence electrons. The zero-order valence-electron chi connectivity index (χ0n) is 11.8. The van der Waals surface area contributed by atoms with E-state index in [-0.39, 0.29) is 6.04 Å². The van der Waals surface area contributed by atoms with Crippen LogP contribution in [0.4, 0.5) is 0 Å². The minimum Gasteiger partial charge on any atom is -0.271 e. The SMILES string of the molecule is CCn1nc(C)c(Cl)c1CC(NN)c1cc(Cl)cc(Cl)c1. The van der Waals surface area contributed by atoms with E-state index in [4.69, 9.17) is 40.6 Å². The third kappa shape index (κ3) is 3.71. The van der Waals surface area contributed by atoms with Gasteiger partial charge < -0.3 is 0 Å². The minimum atomic E-state index is -0.153. The van der Waals surface area contributed by atoms with Crippen LogP contribution in [-0.2, 0) is 13.0 Å². The lowest BCUT2D eigenvalue weighted by Crippen LogP contribution is -2.30. The third-order valence-corrected chi connectivity index (χ3v) is 4.27. The van der Waals surface area contributed by atoms with Crippen LogP contribution in [0.1, 0.15) is 29.9 Å². The maximum absolute atomic E-state index is 6.34. The Hall–Kier alpha value is -0.780. The smallest absolute Gasteiger partial charge is 0.0847 e. The second-order valence-electron chi connectivity index (χ2n) is 4.79. The fourth-order valence-corrected chi connectivity index (χ4v) is 3.06. The van der Waals surface area contributed by atoms with Gasteiger partial charge in [0.25, 0.3) is 0 Å². The summed E-state index contributed by atoms with van der Waals surface area (Å²) in [6.45, 7) is 4.66. The molecule has 2 rings (SSSR count). The Morgan fingerprint density at radius 2 is 1.86 bits per heavy atom. The van der Waals surface area contributed by atoms with Crippen LogP contribution in [0.15, 0.2) is 18.2 Å². The van der Waals surface area contributed by atoms with Crippen LogP contribution in [0.2, 0.25) is 15.1 Å². The lowest BCUT2D eigenvalue weighted by atomic mass is 10.0. The molecule has 1 aromatic carbocycles. The van der Waals surface area contributed by atoms with Crippen molar-refractivity contribution in [2.75, 3.05) is 0 Å². The highest BCUT2D eigenvalue weighted by atomic mass is 35.5. The van der Waals surface area contributed by atoms with Gasteiger partial charge in [0.2, 0.25) is 0 Å². The number of aromatic nitrogens is 2. The molecule has 1 unspecified atom stereocenters. The minimum absolute atomic E-state index is 0.153. The molecule has 21 heavy (non-hydrogen) atoms. The van der Waals surface area contributed by atoms with E-state index in [1.807, 2.05) is 30.7 Å². The van der Waals surface area contributed by atoms with Crippen LogP contribution in [0.5, 0.6) is 0 Å². The van der Waals surface area contributed by atoms with E-state index < -0.39 is 0 Å². The van der Waals surface area contributed by atoms with Crippen molar-refractivity contribution in [3.05, 3.63) is 50.2 Å². The molecule has 1 aromatic heterocycles. The highest BCUT2D eigenvalue weighted by Crippen LogP contribution is 2.28. The predicted octanol–water partition coefficient (Wildman–Crippen LogP) is 3.92. The van der Waals surface area contributed by atoms with E-state index in [9.17, 15) is 0 Å². The van der Waals surface area contributed by atoms with Gasteiger partial charge in [0.05, 0.1) is 22.5 Å². The number of nitrogens with zero attached hydrogens (tertiary/aromatic N) is 2. The van der Waals surface area contributed by atoms with Gasteiger partial charge in [-0.2, -0.15) is 5.10 Å². The Balaban J connectivity index is 2.35. The number of aryl methyl sites for hydroxylation is 2. The Morgan fingerprint density at radius 1 is 1.24 bits per heavy atom. The first-order valence-electron chi connectivity index (χ1n) is 6.60. The summed E-state index contributed by atoms with van der Waals surface area (Å²) in [4.78, 5) is 0. The van der Waals surface area contributed by atoms with Crippen LogP contribution in [-0.4, -0.2) is 9.78 Å². The van der Waals surface area contributed by atoms with E-state index in [1.165, 1.54) is 0 Å². The van der Waals surface area contributed by atoms with E-state index in [0.29, 0.717) is 21.5 Å². The average molecular weight is 348 g/mol. The third-order valence-electron chi connectivity index (χ3n) is 3.34. The molecule has 0 spiro atoms. The zero-order chi connectivity index (χ0) is 15.6. The number of hydrogen-bond donors (Lipinski definition) is 2. The molecule has 0 aliphatic rings. The summed E-state index contributed by atoms with van der Waals surface area (Å²) in [6, 6.07) is 5.21. The number of benzene rings is 1. The molecule has 3 N–H and O–H groups in total. The molecule has 1 atom stereocenters. The molecule has 2 aromatic rings. The molecule has 4 nitrogen and oxygen atoms in total. The number of halogens is 3. The molecular formula is C14H17Cl3N4. The first-order valence-corrected chi connectivity index (χ1v) is 7.73. The van der Waals surface area contributed by atoms with Gasteiger partial charge >= 0.3 is 0 Å². The van der Waals surface area contributed by atoms with Crippen molar-refractivity contribution >= 4 is 34.8 Å². The summed E-state index contributed by atoms with van der Waals surface area (Å²) in [5, 5.41) is 6.23. The van der Waals surface area contributed by atoms with Crippen molar-refractivity contribution in [1.29, 1.82) is 0 Å². The number of hydrazine groups is 1. The summed E-state index contributed by atoms with van der Waals surface area (Å²) < 4.78 is 1.88. The molecular weight excluding hydrogens is 331 g/mol. The lowest BCUT2D eigenvalue weighted by Gasteiger charge is -2.18. The van der Waals surface area contributed by atoms with Crippen LogP contribution in [0.3, 0.4) is 0 Å². The molecule has 0 saturated carbocycles. The summed E-state index contributed by atoms with van der Waals surface area (Å²) in [6.07, 6.45) is 0.598. The van der Waals surface area contributed by atoms with Gasteiger partial charge in [-0.15, -0.1) is 0 Å². The van der Waals surface area contributed by atoms with Crippen LogP contribution in [0, 0.1) is 6.92 Å². The highest BCUT2D eigenvalue weighted by molar-refractivity contribution is 6.34. The first-order chi connectivity index (χ1) is 9.96. The standard InChI is InChI=1S/C14H17Cl3N4/c1-3-21-13(14(17)8(2)20-21)7-12(19-18)9-4-10(15)6-11(16)5-9/h4-6,12,19H,3,7,18H2,1-2H3. The number of rotatable bonds is 5. The molecule has 0 fully saturated rings. The zero-order valence-corrected chi connectivity index (χ0v) is 14.1. The Labute approximate surface area is 139 Å². The first kappa shape index (κ1) is 16.6. The molecule has 0 aliphatic carbocycles. The molecule has 0 bridgehead atoms. The van der Waals surface area contributed by atoms with Crippen LogP contribution >= 0.6 is 34.8 Å². The second kappa shape index (κ2) is 6.99. The van der Waals surface area contributed by atoms with Gasteiger partial charge in [-0.25, -0.2) is 0 Å². The normalized spacial score (nSPS) is 12.7. The van der Waals surface area contributed by atoms with Crippen LogP contribution in [0.25, 0.3) is 0 Å². The van der Waals surface area contributed by atoms with Crippen LogP contribution < -0.4 is 11.3 Å². The Kier molecular flexibility index (Phi) is 5.52. The van der Waals surface area contributed by atoms with E-state index in [0.717, 1.165) is 23.5 Å². The highest BCUT2D eigenvalue weighted by Gasteiger charge is 2.19. The van der Waals surface area contributed by atoms with Crippen molar-refractivity contribution < 1.29 is 0 Å². The van der Waals surface area contributed by atoms with Gasteiger partial charge in [-0.1, -0.05) is 34.8 Å². The molecule has 0 amide bonds. The van der Waals surface area contributed by atoms with Gasteiger partial charge in [0.1, 0.15) is 0 Å². The maximum atomic E-state index is 6.34. The van der Waals surface area contributed by atoms with E-state index in [2.05, 4.69) is 10.5 Å². The largest absolute Gasteiger partial charge is 0.271 e. The van der Waals surface area contributed by atoms with Gasteiger partial charge in [0.15, 0.2) is 0 Å². The van der Waals surface area contributed by atoms with Crippen molar-refractivity contribution in [3.63, 3.8) is 0 Å². The number of hydrogen-bond acceptors (Lipinski definition) is 3. The van der Waals surface area contributed by atoms with Gasteiger partial charge in [-0.05, 0) is 37.6 Å². The van der Waals surface area contributed by atoms with Crippen molar-refractivity contribution in [2.45, 2.75) is 32.9 Å². The maximum Gasteiger partial charge on any atom is 0.0847 e. The molecule has 0 saturated heterocycles. The van der Waals surface area contributed by atoms with Crippen molar-refractivity contribution in [2.24, 2.45) is 5.84 Å². The monoisotopic (exact) mass is 346 g/mol. The van der Waals surface area contributed by atoms with Gasteiger partial charge in [0, 0.05) is 23.0 Å². The summed E-state index contributed by atoms with van der Waals surface area (Å²) in [5.41, 5.74) is 5.46. The Bertz CT molecular complexity index is 619.